The summed E-state index contributed by atoms with van der Waals surface area (Å²) in [7, 11) is 6.50. The SMILES string of the molecule is CN1CCCCC1.CN1CCCCC1.CN1CCOCC1. The van der Waals surface area contributed by atoms with Crippen LogP contribution in [-0.2, 0) is 4.74 Å². The maximum Gasteiger partial charge on any atom is 0.0594 e. The first kappa shape index (κ1) is 18.9. The molecule has 0 bridgehead atoms. The predicted molar refractivity (Wildman–Crippen MR) is 91.0 cm³/mol. The number of likely N-dealkylation sites (tertiary alicyclic amines) is 2. The van der Waals surface area contributed by atoms with E-state index in [4.69, 9.17) is 4.74 Å². The number of likely N-dealkylation sites (N-methyl/N-ethyl adjacent to an activating group) is 1. The second-order valence-corrected chi connectivity index (χ2v) is 6.64. The van der Waals surface area contributed by atoms with E-state index in [9.17, 15) is 0 Å². The van der Waals surface area contributed by atoms with E-state index < -0.39 is 0 Å². The molecule has 0 spiro atoms. The van der Waals surface area contributed by atoms with E-state index >= 15 is 0 Å². The van der Waals surface area contributed by atoms with Crippen LogP contribution < -0.4 is 0 Å². The van der Waals surface area contributed by atoms with Gasteiger partial charge in [0.1, 0.15) is 0 Å². The van der Waals surface area contributed by atoms with Gasteiger partial charge in [0.05, 0.1) is 13.2 Å². The van der Waals surface area contributed by atoms with Crippen LogP contribution in [0.1, 0.15) is 38.5 Å². The van der Waals surface area contributed by atoms with Crippen molar-refractivity contribution in [2.45, 2.75) is 38.5 Å². The summed E-state index contributed by atoms with van der Waals surface area (Å²) in [6.07, 6.45) is 8.55. The van der Waals surface area contributed by atoms with Crippen molar-refractivity contribution in [3.63, 3.8) is 0 Å². The molecule has 126 valence electrons. The molecule has 4 heteroatoms. The summed E-state index contributed by atoms with van der Waals surface area (Å²) in [6.45, 7) is 9.30. The Kier molecular flexibility index (Phi) is 11.1. The Labute approximate surface area is 132 Å². The largest absolute Gasteiger partial charge is 0.379 e. The molecule has 3 fully saturated rings. The Morgan fingerprint density at radius 1 is 0.476 bits per heavy atom. The molecular weight excluding hydrogens is 262 g/mol. The van der Waals surface area contributed by atoms with Crippen LogP contribution in [0.15, 0.2) is 0 Å². The Morgan fingerprint density at radius 2 is 0.810 bits per heavy atom. The first-order chi connectivity index (χ1) is 10.2. The lowest BCUT2D eigenvalue weighted by atomic mass is 10.1. The molecule has 0 aromatic heterocycles. The number of morpholine rings is 1. The molecule has 3 aliphatic heterocycles. The highest BCUT2D eigenvalue weighted by molar-refractivity contribution is 4.59. The number of nitrogens with zero attached hydrogens (tertiary/aromatic N) is 3. The molecule has 0 unspecified atom stereocenters. The molecular formula is C17H37N3O. The van der Waals surface area contributed by atoms with Gasteiger partial charge in [0.25, 0.3) is 0 Å². The monoisotopic (exact) mass is 299 g/mol. The molecule has 0 aromatic carbocycles. The molecule has 3 rings (SSSR count). The molecule has 0 radical (unpaired) electrons. The van der Waals surface area contributed by atoms with Gasteiger partial charge in [-0.15, -0.1) is 0 Å². The van der Waals surface area contributed by atoms with E-state index in [-0.39, 0.29) is 0 Å². The quantitative estimate of drug-likeness (QED) is 0.682. The zero-order valence-corrected chi connectivity index (χ0v) is 14.6. The standard InChI is InChI=1S/2C6H13N.C5H11NO/c2*1-7-5-3-2-4-6-7;1-6-2-4-7-5-3-6/h2*2-6H2,1H3;2-5H2,1H3. The topological polar surface area (TPSA) is 19.0 Å². The van der Waals surface area contributed by atoms with Crippen molar-refractivity contribution in [2.75, 3.05) is 73.6 Å². The van der Waals surface area contributed by atoms with E-state index in [0.29, 0.717) is 0 Å². The van der Waals surface area contributed by atoms with Gasteiger partial charge in [-0.2, -0.15) is 0 Å². The third-order valence-corrected chi connectivity index (χ3v) is 4.39. The van der Waals surface area contributed by atoms with Crippen LogP contribution in [0.3, 0.4) is 0 Å². The number of rotatable bonds is 0. The first-order valence-electron chi connectivity index (χ1n) is 8.82. The van der Waals surface area contributed by atoms with Crippen molar-refractivity contribution in [3.05, 3.63) is 0 Å². The van der Waals surface area contributed by atoms with Crippen molar-refractivity contribution in [3.8, 4) is 0 Å². The molecule has 0 N–H and O–H groups in total. The summed E-state index contributed by atoms with van der Waals surface area (Å²) in [5, 5.41) is 0. The molecule has 0 saturated carbocycles. The van der Waals surface area contributed by atoms with Crippen LogP contribution in [-0.4, -0.2) is 88.3 Å². The Morgan fingerprint density at radius 3 is 1.00 bits per heavy atom. The van der Waals surface area contributed by atoms with Crippen LogP contribution in [0.2, 0.25) is 0 Å². The van der Waals surface area contributed by atoms with Crippen LogP contribution >= 0.6 is 0 Å². The Hall–Kier alpha value is -0.160. The van der Waals surface area contributed by atoms with Gasteiger partial charge in [0.2, 0.25) is 0 Å². The van der Waals surface area contributed by atoms with Gasteiger partial charge in [-0.1, -0.05) is 12.8 Å². The van der Waals surface area contributed by atoms with Gasteiger partial charge in [-0.05, 0) is 73.0 Å². The number of ether oxygens (including phenoxy) is 1. The molecule has 3 heterocycles. The minimum atomic E-state index is 0.913. The maximum absolute atomic E-state index is 5.10. The fraction of sp³-hybridized carbons (Fsp3) is 1.00. The highest BCUT2D eigenvalue weighted by Gasteiger charge is 2.03. The normalized spacial score (nSPS) is 25.3. The highest BCUT2D eigenvalue weighted by atomic mass is 16.5. The van der Waals surface area contributed by atoms with Gasteiger partial charge in [0.15, 0.2) is 0 Å². The average Bonchev–Trinajstić information content (AvgIpc) is 2.51. The average molecular weight is 300 g/mol. The summed E-state index contributed by atoms with van der Waals surface area (Å²) in [5.41, 5.74) is 0. The summed E-state index contributed by atoms with van der Waals surface area (Å²) < 4.78 is 5.10. The molecule has 0 aromatic rings. The number of hydrogen-bond acceptors (Lipinski definition) is 4. The number of hydrogen-bond donors (Lipinski definition) is 0. The van der Waals surface area contributed by atoms with Crippen molar-refractivity contribution >= 4 is 0 Å². The van der Waals surface area contributed by atoms with Crippen LogP contribution in [0.4, 0.5) is 0 Å². The van der Waals surface area contributed by atoms with E-state index in [1.54, 1.807) is 0 Å². The van der Waals surface area contributed by atoms with E-state index in [0.717, 1.165) is 26.3 Å². The molecule has 0 aliphatic carbocycles. The van der Waals surface area contributed by atoms with Gasteiger partial charge >= 0.3 is 0 Å². The van der Waals surface area contributed by atoms with Crippen LogP contribution in [0.5, 0.6) is 0 Å². The van der Waals surface area contributed by atoms with Gasteiger partial charge < -0.3 is 19.4 Å². The van der Waals surface area contributed by atoms with E-state index in [2.05, 4.69) is 35.8 Å². The fourth-order valence-electron chi connectivity index (χ4n) is 2.76. The minimum Gasteiger partial charge on any atom is -0.379 e. The van der Waals surface area contributed by atoms with Crippen molar-refractivity contribution in [2.24, 2.45) is 0 Å². The lowest BCUT2D eigenvalue weighted by Crippen LogP contribution is -2.32. The van der Waals surface area contributed by atoms with Gasteiger partial charge in [-0.25, -0.2) is 0 Å². The summed E-state index contributed by atoms with van der Waals surface area (Å²) >= 11 is 0. The highest BCUT2D eigenvalue weighted by Crippen LogP contribution is 2.05. The smallest absolute Gasteiger partial charge is 0.0594 e. The maximum atomic E-state index is 5.10. The minimum absolute atomic E-state index is 0.913. The summed E-state index contributed by atoms with van der Waals surface area (Å²) in [4.78, 5) is 7.05. The Bertz CT molecular complexity index is 182. The molecule has 4 nitrogen and oxygen atoms in total. The van der Waals surface area contributed by atoms with Crippen LogP contribution in [0.25, 0.3) is 0 Å². The number of piperidine rings is 2. The zero-order valence-electron chi connectivity index (χ0n) is 14.6. The van der Waals surface area contributed by atoms with E-state index in [1.807, 2.05) is 0 Å². The zero-order chi connectivity index (χ0) is 15.3. The van der Waals surface area contributed by atoms with Crippen molar-refractivity contribution in [1.82, 2.24) is 14.7 Å². The fourth-order valence-corrected chi connectivity index (χ4v) is 2.76. The van der Waals surface area contributed by atoms with Crippen molar-refractivity contribution in [1.29, 1.82) is 0 Å². The van der Waals surface area contributed by atoms with E-state index in [1.165, 1.54) is 64.7 Å². The van der Waals surface area contributed by atoms with Crippen LogP contribution in [0, 0.1) is 0 Å². The summed E-state index contributed by atoms with van der Waals surface area (Å²) in [6, 6.07) is 0. The molecule has 3 saturated heterocycles. The van der Waals surface area contributed by atoms with Gasteiger partial charge in [0, 0.05) is 13.1 Å². The lowest BCUT2D eigenvalue weighted by Gasteiger charge is -2.21. The molecule has 0 atom stereocenters. The molecule has 21 heavy (non-hydrogen) atoms. The third-order valence-electron chi connectivity index (χ3n) is 4.39. The Balaban J connectivity index is 0.000000157. The van der Waals surface area contributed by atoms with Crippen molar-refractivity contribution < 1.29 is 4.74 Å². The second kappa shape index (κ2) is 12.4. The first-order valence-corrected chi connectivity index (χ1v) is 8.82. The predicted octanol–water partition coefficient (Wildman–Crippen LogP) is 2.15. The summed E-state index contributed by atoms with van der Waals surface area (Å²) in [5.74, 6) is 0. The third kappa shape index (κ3) is 11.1. The molecule has 0 amide bonds. The second-order valence-electron chi connectivity index (χ2n) is 6.64. The molecule has 3 aliphatic rings. The lowest BCUT2D eigenvalue weighted by molar-refractivity contribution is 0.0503. The van der Waals surface area contributed by atoms with Gasteiger partial charge in [-0.3, -0.25) is 0 Å².